The molecular formula is C18H26N4O6S2. The quantitative estimate of drug-likeness (QED) is 0.495. The monoisotopic (exact) mass is 458 g/mol. The fourth-order valence-corrected chi connectivity index (χ4v) is 7.29. The number of hydrogen-bond donors (Lipinski definition) is 4. The first-order valence-corrected chi connectivity index (χ1v) is 13.4. The van der Waals surface area contributed by atoms with Crippen molar-refractivity contribution in [1.29, 1.82) is 0 Å². The van der Waals surface area contributed by atoms with Gasteiger partial charge in [0.2, 0.25) is 0 Å². The fourth-order valence-electron chi connectivity index (χ4n) is 3.57. The number of hydrogen-bond acceptors (Lipinski definition) is 6. The summed E-state index contributed by atoms with van der Waals surface area (Å²) in [6, 6.07) is 5.65. The summed E-state index contributed by atoms with van der Waals surface area (Å²) < 4.78 is 45.8. The molecule has 2 aliphatic heterocycles. The van der Waals surface area contributed by atoms with E-state index < -0.39 is 31.7 Å². The van der Waals surface area contributed by atoms with E-state index in [1.165, 1.54) is 0 Å². The smallest absolute Gasteiger partial charge is 0.319 e. The summed E-state index contributed by atoms with van der Waals surface area (Å²) in [7, 11) is -5.97. The molecule has 10 nitrogen and oxygen atoms in total. The predicted octanol–water partition coefficient (Wildman–Crippen LogP) is 0.799. The van der Waals surface area contributed by atoms with Gasteiger partial charge < -0.3 is 21.3 Å². The van der Waals surface area contributed by atoms with Gasteiger partial charge in [-0.2, -0.15) is 0 Å². The van der Waals surface area contributed by atoms with Gasteiger partial charge in [-0.25, -0.2) is 26.4 Å². The first-order valence-electron chi connectivity index (χ1n) is 9.71. The van der Waals surface area contributed by atoms with Crippen molar-refractivity contribution >= 4 is 43.1 Å². The highest BCUT2D eigenvalue weighted by Crippen LogP contribution is 2.19. The Labute approximate surface area is 176 Å². The van der Waals surface area contributed by atoms with Crippen molar-refractivity contribution in [2.24, 2.45) is 11.8 Å². The number of anilines is 2. The maximum Gasteiger partial charge on any atom is 0.319 e. The summed E-state index contributed by atoms with van der Waals surface area (Å²) in [6.45, 7) is 0.560. The number of carbonyl (C=O) groups excluding carboxylic acids is 2. The molecule has 4 amide bonds. The summed E-state index contributed by atoms with van der Waals surface area (Å²) in [5.41, 5.74) is 0.928. The molecule has 0 radical (unpaired) electrons. The molecular weight excluding hydrogens is 432 g/mol. The van der Waals surface area contributed by atoms with Crippen molar-refractivity contribution in [1.82, 2.24) is 10.6 Å². The maximum atomic E-state index is 12.0. The molecule has 2 atom stereocenters. The lowest BCUT2D eigenvalue weighted by atomic mass is 10.1. The number of benzene rings is 1. The number of carbonyl (C=O) groups is 2. The van der Waals surface area contributed by atoms with Gasteiger partial charge in [-0.1, -0.05) is 6.07 Å². The van der Waals surface area contributed by atoms with Gasteiger partial charge in [0.25, 0.3) is 0 Å². The topological polar surface area (TPSA) is 151 Å². The van der Waals surface area contributed by atoms with Crippen LogP contribution in [0.3, 0.4) is 0 Å². The molecule has 0 saturated carbocycles. The average molecular weight is 459 g/mol. The van der Waals surface area contributed by atoms with E-state index in [2.05, 4.69) is 21.3 Å². The highest BCUT2D eigenvalue weighted by molar-refractivity contribution is 7.91. The Kier molecular flexibility index (Phi) is 6.86. The van der Waals surface area contributed by atoms with E-state index in [0.717, 1.165) is 0 Å². The van der Waals surface area contributed by atoms with Crippen LogP contribution in [0.4, 0.5) is 21.0 Å². The molecule has 0 spiro atoms. The number of amides is 4. The molecule has 1 aromatic rings. The molecule has 4 N–H and O–H groups in total. The predicted molar refractivity (Wildman–Crippen MR) is 114 cm³/mol. The van der Waals surface area contributed by atoms with Crippen molar-refractivity contribution in [3.05, 3.63) is 24.3 Å². The maximum absolute atomic E-state index is 12.0. The van der Waals surface area contributed by atoms with Gasteiger partial charge in [0.1, 0.15) is 0 Å². The standard InChI is InChI=1S/C18H26N4O6S2/c23-17(19-9-13-4-6-29(25,26)11-13)21-15-2-1-3-16(8-15)22-18(24)20-10-14-5-7-30(27,28)12-14/h1-3,8,13-14H,4-7,9-12H2,(H2,19,21,23)(H2,20,22,24). The minimum Gasteiger partial charge on any atom is -0.338 e. The van der Waals surface area contributed by atoms with E-state index >= 15 is 0 Å². The number of sulfone groups is 2. The molecule has 30 heavy (non-hydrogen) atoms. The van der Waals surface area contributed by atoms with E-state index in [0.29, 0.717) is 24.2 Å². The van der Waals surface area contributed by atoms with Crippen molar-refractivity contribution in [2.75, 3.05) is 46.7 Å². The first kappa shape index (κ1) is 22.3. The Hall–Kier alpha value is -2.34. The highest BCUT2D eigenvalue weighted by atomic mass is 32.2. The largest absolute Gasteiger partial charge is 0.338 e. The Morgan fingerprint density at radius 1 is 0.800 bits per heavy atom. The molecule has 2 unspecified atom stereocenters. The van der Waals surface area contributed by atoms with Crippen LogP contribution >= 0.6 is 0 Å². The second-order valence-electron chi connectivity index (χ2n) is 7.79. The van der Waals surface area contributed by atoms with Crippen LogP contribution in [0.2, 0.25) is 0 Å². The van der Waals surface area contributed by atoms with E-state index in [1.807, 2.05) is 0 Å². The lowest BCUT2D eigenvalue weighted by molar-refractivity contribution is 0.250. The third kappa shape index (κ3) is 6.87. The van der Waals surface area contributed by atoms with Gasteiger partial charge in [0.05, 0.1) is 23.0 Å². The molecule has 2 aliphatic rings. The summed E-state index contributed by atoms with van der Waals surface area (Å²) >= 11 is 0. The second kappa shape index (κ2) is 9.21. The van der Waals surface area contributed by atoms with Crippen LogP contribution in [0.1, 0.15) is 12.8 Å². The van der Waals surface area contributed by atoms with Crippen LogP contribution < -0.4 is 21.3 Å². The Balaban J connectivity index is 1.42. The van der Waals surface area contributed by atoms with E-state index in [9.17, 15) is 26.4 Å². The minimum absolute atomic E-state index is 0.0766. The molecule has 3 rings (SSSR count). The molecule has 12 heteroatoms. The van der Waals surface area contributed by atoms with Crippen LogP contribution in [0.5, 0.6) is 0 Å². The zero-order valence-corrected chi connectivity index (χ0v) is 18.0. The Morgan fingerprint density at radius 3 is 1.60 bits per heavy atom. The van der Waals surface area contributed by atoms with Gasteiger partial charge >= 0.3 is 12.1 Å². The van der Waals surface area contributed by atoms with Crippen molar-refractivity contribution in [3.63, 3.8) is 0 Å². The molecule has 2 saturated heterocycles. The normalized spacial score (nSPS) is 24.1. The van der Waals surface area contributed by atoms with E-state index in [1.54, 1.807) is 24.3 Å². The summed E-state index contributed by atoms with van der Waals surface area (Å²) in [5.74, 6) is 0.351. The van der Waals surface area contributed by atoms with Crippen LogP contribution in [0.15, 0.2) is 24.3 Å². The van der Waals surface area contributed by atoms with Crippen LogP contribution in [-0.2, 0) is 19.7 Å². The van der Waals surface area contributed by atoms with E-state index in [4.69, 9.17) is 0 Å². The van der Waals surface area contributed by atoms with Crippen molar-refractivity contribution in [3.8, 4) is 0 Å². The third-order valence-corrected chi connectivity index (χ3v) is 8.81. The summed E-state index contributed by atoms with van der Waals surface area (Å²) in [4.78, 5) is 24.1. The van der Waals surface area contributed by atoms with E-state index in [-0.39, 0.29) is 47.9 Å². The van der Waals surface area contributed by atoms with Gasteiger partial charge in [0, 0.05) is 24.5 Å². The second-order valence-corrected chi connectivity index (χ2v) is 12.2. The van der Waals surface area contributed by atoms with Crippen LogP contribution in [0, 0.1) is 11.8 Å². The summed E-state index contributed by atoms with van der Waals surface area (Å²) in [5, 5.41) is 10.6. The van der Waals surface area contributed by atoms with Gasteiger partial charge in [-0.05, 0) is 42.9 Å². The fraction of sp³-hybridized carbons (Fsp3) is 0.556. The molecule has 166 valence electrons. The average Bonchev–Trinajstić information content (AvgIpc) is 3.19. The lowest BCUT2D eigenvalue weighted by Gasteiger charge is -2.13. The molecule has 2 heterocycles. The Morgan fingerprint density at radius 2 is 1.23 bits per heavy atom. The zero-order chi connectivity index (χ0) is 21.8. The molecule has 0 bridgehead atoms. The highest BCUT2D eigenvalue weighted by Gasteiger charge is 2.28. The number of rotatable bonds is 6. The third-order valence-electron chi connectivity index (χ3n) is 5.13. The lowest BCUT2D eigenvalue weighted by Crippen LogP contribution is -2.34. The molecule has 0 aliphatic carbocycles. The number of nitrogens with one attached hydrogen (secondary N) is 4. The van der Waals surface area contributed by atoms with Crippen LogP contribution in [0.25, 0.3) is 0 Å². The van der Waals surface area contributed by atoms with Gasteiger partial charge in [-0.3, -0.25) is 0 Å². The SMILES string of the molecule is O=C(NCC1CCS(=O)(=O)C1)Nc1cccc(NC(=O)NCC2CCS(=O)(=O)C2)c1. The molecule has 1 aromatic carbocycles. The van der Waals surface area contributed by atoms with Gasteiger partial charge in [0.15, 0.2) is 19.7 Å². The molecule has 0 aromatic heterocycles. The minimum atomic E-state index is -2.98. The first-order chi connectivity index (χ1) is 14.1. The Bertz CT molecular complexity index is 932. The van der Waals surface area contributed by atoms with Crippen LogP contribution in [-0.4, -0.2) is 65.0 Å². The number of urea groups is 2. The van der Waals surface area contributed by atoms with Crippen molar-refractivity contribution in [2.45, 2.75) is 12.8 Å². The van der Waals surface area contributed by atoms with Gasteiger partial charge in [-0.15, -0.1) is 0 Å². The molecule has 2 fully saturated rings. The van der Waals surface area contributed by atoms with Crippen molar-refractivity contribution < 1.29 is 26.4 Å². The zero-order valence-electron chi connectivity index (χ0n) is 16.4. The summed E-state index contributed by atoms with van der Waals surface area (Å²) in [6.07, 6.45) is 1.09.